The highest BCUT2D eigenvalue weighted by Gasteiger charge is 2.47. The molecule has 1 aromatic heterocycles. The largest absolute Gasteiger partial charge is 0.463 e. The number of aliphatic hydroxyl groups excluding tert-OH is 1. The second-order valence-electron chi connectivity index (χ2n) is 8.65. The Morgan fingerprint density at radius 3 is 2.61 bits per heavy atom. The predicted octanol–water partition coefficient (Wildman–Crippen LogP) is 2.32. The summed E-state index contributed by atoms with van der Waals surface area (Å²) in [5, 5.41) is 10.5. The number of H-pyrrole nitrogens is 1. The number of carbonyl (C=O) groups is 1. The molecular formula is C23H30FN2O9P. The summed E-state index contributed by atoms with van der Waals surface area (Å²) in [4.78, 5) is 38.2. The van der Waals surface area contributed by atoms with Crippen molar-refractivity contribution in [2.75, 3.05) is 12.7 Å². The number of halogens is 1. The molecule has 0 radical (unpaired) electrons. The van der Waals surface area contributed by atoms with Crippen LogP contribution < -0.4 is 15.8 Å². The van der Waals surface area contributed by atoms with Crippen LogP contribution >= 0.6 is 7.60 Å². The van der Waals surface area contributed by atoms with Crippen molar-refractivity contribution in [3.8, 4) is 5.75 Å². The van der Waals surface area contributed by atoms with Crippen molar-refractivity contribution in [3.05, 3.63) is 62.9 Å². The average molecular weight is 530 g/mol. The van der Waals surface area contributed by atoms with Crippen LogP contribution in [0.25, 0.3) is 0 Å². The first kappa shape index (κ1) is 24.9. The molecule has 1 aliphatic heterocycles. The van der Waals surface area contributed by atoms with Gasteiger partial charge < -0.3 is 19.1 Å². The van der Waals surface area contributed by atoms with E-state index in [-0.39, 0.29) is 11.3 Å². The van der Waals surface area contributed by atoms with Crippen LogP contribution in [0.2, 0.25) is 0 Å². The molecule has 3 rings (SSSR count). The molecule has 36 heavy (non-hydrogen) atoms. The van der Waals surface area contributed by atoms with Gasteiger partial charge in [0.25, 0.3) is 5.56 Å². The Morgan fingerprint density at radius 1 is 1.31 bits per heavy atom. The van der Waals surface area contributed by atoms with E-state index in [1.54, 1.807) is 32.0 Å². The number of esters is 1. The highest BCUT2D eigenvalue weighted by atomic mass is 31.2. The van der Waals surface area contributed by atoms with Crippen molar-refractivity contribution in [3.63, 3.8) is 0 Å². The number of nitrogens with one attached hydrogen (secondary N) is 1. The third-order valence-corrected chi connectivity index (χ3v) is 7.03. The second-order valence-corrected chi connectivity index (χ2v) is 10.6. The summed E-state index contributed by atoms with van der Waals surface area (Å²) < 4.78 is 67.6. The Labute approximate surface area is 209 Å². The minimum atomic E-state index is -4.54. The van der Waals surface area contributed by atoms with Crippen molar-refractivity contribution < 1.29 is 40.1 Å². The Kier molecular flexibility index (Phi) is 7.96. The number of alkyl halides is 1. The molecule has 0 aliphatic carbocycles. The number of aryl methyl sites for hydroxylation is 1. The highest BCUT2D eigenvalue weighted by Crippen LogP contribution is 2.50. The molecule has 13 heteroatoms. The Balaban J connectivity index is 1.90. The third-order valence-electron chi connectivity index (χ3n) is 5.16. The summed E-state index contributed by atoms with van der Waals surface area (Å²) >= 11 is 0. The van der Waals surface area contributed by atoms with Gasteiger partial charge in [0, 0.05) is 11.8 Å². The van der Waals surface area contributed by atoms with E-state index in [1.165, 1.54) is 26.0 Å². The van der Waals surface area contributed by atoms with Gasteiger partial charge in [-0.3, -0.25) is 23.7 Å². The van der Waals surface area contributed by atoms with E-state index >= 15 is 4.39 Å². The van der Waals surface area contributed by atoms with Crippen LogP contribution in [0.1, 0.15) is 35.3 Å². The van der Waals surface area contributed by atoms with Crippen LogP contribution in [-0.4, -0.2) is 57.8 Å². The number of hydrogen-bond acceptors (Lipinski definition) is 9. The van der Waals surface area contributed by atoms with Crippen LogP contribution in [0.3, 0.4) is 0 Å². The van der Waals surface area contributed by atoms with Gasteiger partial charge in [-0.1, -0.05) is 25.1 Å². The van der Waals surface area contributed by atoms with Crippen LogP contribution in [0.4, 0.5) is 4.39 Å². The molecule has 1 saturated heterocycles. The maximum atomic E-state index is 15.1. The van der Waals surface area contributed by atoms with Crippen LogP contribution in [0.15, 0.2) is 46.1 Å². The minimum Gasteiger partial charge on any atom is -0.463 e. The van der Waals surface area contributed by atoms with Gasteiger partial charge >= 0.3 is 19.3 Å². The molecule has 198 valence electrons. The number of aromatic amines is 1. The lowest BCUT2D eigenvalue weighted by Crippen LogP contribution is -2.36. The number of benzene rings is 1. The van der Waals surface area contributed by atoms with Crippen molar-refractivity contribution >= 4 is 13.6 Å². The number of carbonyl (C=O) groups excluding carboxylic acids is 1. The van der Waals surface area contributed by atoms with Gasteiger partial charge in [-0.25, -0.2) is 13.8 Å². The van der Waals surface area contributed by atoms with Gasteiger partial charge in [-0.15, -0.1) is 0 Å². The smallest absolute Gasteiger partial charge is 0.380 e. The van der Waals surface area contributed by atoms with Crippen molar-refractivity contribution in [2.45, 2.75) is 58.4 Å². The van der Waals surface area contributed by atoms with E-state index in [2.05, 4.69) is 0 Å². The molecule has 1 fully saturated rings. The Morgan fingerprint density at radius 2 is 1.97 bits per heavy atom. The first-order chi connectivity index (χ1) is 17.6. The summed E-state index contributed by atoms with van der Waals surface area (Å²) in [6.45, 7) is 2.86. The molecule has 0 spiro atoms. The molecule has 0 saturated carbocycles. The van der Waals surface area contributed by atoms with Gasteiger partial charge in [0.15, 0.2) is 12.4 Å². The lowest BCUT2D eigenvalue weighted by atomic mass is 10.1. The summed E-state index contributed by atoms with van der Waals surface area (Å²) in [5.74, 6) is -1.74. The topological polar surface area (TPSA) is 146 Å². The summed E-state index contributed by atoms with van der Waals surface area (Å²) in [6.07, 6.45) is -8.46. The average Bonchev–Trinajstić information content (AvgIpc) is 3.11. The summed E-state index contributed by atoms with van der Waals surface area (Å²) in [7, 11) is -4.54. The number of aliphatic hydroxyl groups is 1. The fraction of sp³-hybridized carbons (Fsp3) is 0.522. The zero-order chi connectivity index (χ0) is 28.4. The van der Waals surface area contributed by atoms with E-state index < -0.39 is 74.2 Å². The molecular weight excluding hydrogens is 498 g/mol. The van der Waals surface area contributed by atoms with Crippen LogP contribution in [0.5, 0.6) is 5.75 Å². The van der Waals surface area contributed by atoms with Gasteiger partial charge in [0.05, 0.1) is 27.5 Å². The molecule has 1 aliphatic rings. The third kappa shape index (κ3) is 6.70. The van der Waals surface area contributed by atoms with Gasteiger partial charge in [-0.2, -0.15) is 0 Å². The summed E-state index contributed by atoms with van der Waals surface area (Å²) in [6, 6.07) is 7.66. The van der Waals surface area contributed by atoms with E-state index in [0.29, 0.717) is 4.57 Å². The number of para-hydroxylation sites is 1. The molecule has 1 unspecified atom stereocenters. The molecule has 2 heterocycles. The number of nitrogens with zero attached hydrogens (tertiary/aromatic N) is 1. The number of ether oxygens (including phenoxy) is 2. The molecule has 0 amide bonds. The molecule has 0 bridgehead atoms. The fourth-order valence-corrected chi connectivity index (χ4v) is 5.07. The SMILES string of the molecule is [2H]C([2H])(O[P@](=O)(C[C@@H](C)C(=O)OC(C)C)Oc1ccccc1)[C@@H]1O[C@H](n2cc(C)c(=O)[nH]c2=O)[C@H](F)C1O. The molecule has 2 N–H and O–H groups in total. The lowest BCUT2D eigenvalue weighted by molar-refractivity contribution is -0.151. The number of hydrogen-bond donors (Lipinski definition) is 2. The zero-order valence-corrected chi connectivity index (χ0v) is 21.0. The van der Waals surface area contributed by atoms with E-state index in [0.717, 1.165) is 6.20 Å². The zero-order valence-electron chi connectivity index (χ0n) is 22.1. The fourth-order valence-electron chi connectivity index (χ4n) is 3.36. The minimum absolute atomic E-state index is 0.0421. The van der Waals surface area contributed by atoms with Gasteiger partial charge in [0.2, 0.25) is 0 Å². The first-order valence-corrected chi connectivity index (χ1v) is 12.9. The monoisotopic (exact) mass is 530 g/mol. The van der Waals surface area contributed by atoms with E-state index in [9.17, 15) is 24.1 Å². The lowest BCUT2D eigenvalue weighted by Gasteiger charge is -2.24. The normalized spacial score (nSPS) is 25.5. The van der Waals surface area contributed by atoms with Crippen LogP contribution in [0, 0.1) is 12.8 Å². The predicted molar refractivity (Wildman–Crippen MR) is 127 cm³/mol. The quantitative estimate of drug-likeness (QED) is 0.349. The number of rotatable bonds is 10. The van der Waals surface area contributed by atoms with Crippen molar-refractivity contribution in [2.24, 2.45) is 5.92 Å². The van der Waals surface area contributed by atoms with E-state index in [1.807, 2.05) is 4.98 Å². The highest BCUT2D eigenvalue weighted by molar-refractivity contribution is 7.54. The molecule has 2 aromatic rings. The standard InChI is InChI=1S/C23H30FN2O9P/c1-13(2)33-22(29)15(4)12-36(31,35-16-8-6-5-7-9-16)32-11-17-19(27)18(24)21(34-17)26-10-14(3)20(28)25-23(26)30/h5-10,13,15,17-19,21,27H,11-12H2,1-4H3,(H,25,28,30)/t15-,17+,18-,19?,21+,36-/m1/s1/i11D2. The van der Waals surface area contributed by atoms with Gasteiger partial charge in [-0.05, 0) is 32.9 Å². The van der Waals surface area contributed by atoms with Crippen molar-refractivity contribution in [1.29, 1.82) is 0 Å². The Bertz CT molecular complexity index is 1300. The van der Waals surface area contributed by atoms with Crippen molar-refractivity contribution in [1.82, 2.24) is 9.55 Å². The number of aromatic nitrogens is 2. The maximum absolute atomic E-state index is 15.1. The molecule has 1 aromatic carbocycles. The van der Waals surface area contributed by atoms with E-state index in [4.69, 9.17) is 21.3 Å². The molecule has 6 atom stereocenters. The Hall–Kier alpha value is -2.79. The maximum Gasteiger partial charge on any atom is 0.380 e. The second kappa shape index (κ2) is 11.5. The molecule has 11 nitrogen and oxygen atoms in total. The van der Waals surface area contributed by atoms with Crippen LogP contribution in [-0.2, 0) is 23.4 Å². The van der Waals surface area contributed by atoms with Gasteiger partial charge in [0.1, 0.15) is 18.0 Å². The summed E-state index contributed by atoms with van der Waals surface area (Å²) in [5.41, 5.74) is -1.71. The first-order valence-electron chi connectivity index (χ1n) is 12.2.